The summed E-state index contributed by atoms with van der Waals surface area (Å²) in [5.41, 5.74) is 4.16. The van der Waals surface area contributed by atoms with E-state index in [4.69, 9.17) is 4.98 Å². The maximum Gasteiger partial charge on any atom is 0.137 e. The molecule has 0 aromatic carbocycles. The first-order valence-electron chi connectivity index (χ1n) is 7.47. The molecule has 0 amide bonds. The summed E-state index contributed by atoms with van der Waals surface area (Å²) < 4.78 is 2.09. The van der Waals surface area contributed by atoms with Crippen LogP contribution in [-0.4, -0.2) is 20.4 Å². The molecule has 4 heteroatoms. The number of imidazole rings is 1. The third kappa shape index (κ3) is 2.27. The fourth-order valence-electron chi connectivity index (χ4n) is 2.69. The molecule has 0 unspecified atom stereocenters. The van der Waals surface area contributed by atoms with Crippen LogP contribution in [0.25, 0.3) is 17.0 Å². The largest absolute Gasteiger partial charge is 0.367 e. The zero-order valence-corrected chi connectivity index (χ0v) is 12.1. The predicted molar refractivity (Wildman–Crippen MR) is 84.4 cm³/mol. The molecule has 0 saturated heterocycles. The van der Waals surface area contributed by atoms with Gasteiger partial charge in [0.2, 0.25) is 0 Å². The lowest BCUT2D eigenvalue weighted by Gasteiger charge is -2.27. The Bertz CT molecular complexity index is 786. The fourth-order valence-corrected chi connectivity index (χ4v) is 2.69. The van der Waals surface area contributed by atoms with Gasteiger partial charge in [-0.05, 0) is 56.0 Å². The summed E-state index contributed by atoms with van der Waals surface area (Å²) in [6.07, 6.45) is 7.77. The standard InChI is InChI=1S/C17H18N4/c1-12-8-9-21-15(11-18-17(21)10-12)14-6-3-7-16(20-14)19-13-4-2-5-13/h3,6-11,13H,2,4-5H2,1H3,(H,19,20). The number of hydrogen-bond acceptors (Lipinski definition) is 3. The van der Waals surface area contributed by atoms with Crippen LogP contribution in [0.4, 0.5) is 5.82 Å². The van der Waals surface area contributed by atoms with Crippen molar-refractivity contribution in [2.75, 3.05) is 5.32 Å². The highest BCUT2D eigenvalue weighted by Crippen LogP contribution is 2.25. The summed E-state index contributed by atoms with van der Waals surface area (Å²) in [7, 11) is 0. The van der Waals surface area contributed by atoms with Crippen LogP contribution in [0, 0.1) is 6.92 Å². The lowest BCUT2D eigenvalue weighted by Crippen LogP contribution is -2.27. The van der Waals surface area contributed by atoms with Gasteiger partial charge in [-0.25, -0.2) is 9.97 Å². The van der Waals surface area contributed by atoms with E-state index >= 15 is 0 Å². The van der Waals surface area contributed by atoms with Crippen LogP contribution < -0.4 is 5.32 Å². The summed E-state index contributed by atoms with van der Waals surface area (Å²) in [5, 5.41) is 3.50. The zero-order chi connectivity index (χ0) is 14.2. The normalized spacial score (nSPS) is 15.1. The van der Waals surface area contributed by atoms with E-state index in [1.54, 1.807) is 0 Å². The highest BCUT2D eigenvalue weighted by atomic mass is 15.1. The zero-order valence-electron chi connectivity index (χ0n) is 12.1. The number of nitrogens with one attached hydrogen (secondary N) is 1. The summed E-state index contributed by atoms with van der Waals surface area (Å²) in [4.78, 5) is 9.21. The molecule has 1 N–H and O–H groups in total. The molecule has 1 fully saturated rings. The van der Waals surface area contributed by atoms with E-state index in [1.807, 2.05) is 18.3 Å². The molecule has 3 heterocycles. The summed E-state index contributed by atoms with van der Waals surface area (Å²) >= 11 is 0. The van der Waals surface area contributed by atoms with Gasteiger partial charge in [-0.1, -0.05) is 6.07 Å². The minimum absolute atomic E-state index is 0.595. The van der Waals surface area contributed by atoms with Crippen LogP contribution in [0.15, 0.2) is 42.7 Å². The summed E-state index contributed by atoms with van der Waals surface area (Å²) in [6.45, 7) is 2.08. The smallest absolute Gasteiger partial charge is 0.137 e. The van der Waals surface area contributed by atoms with Gasteiger partial charge in [0.05, 0.1) is 17.6 Å². The van der Waals surface area contributed by atoms with E-state index in [0.29, 0.717) is 6.04 Å². The average molecular weight is 278 g/mol. The first-order valence-corrected chi connectivity index (χ1v) is 7.47. The van der Waals surface area contributed by atoms with Crippen LogP contribution >= 0.6 is 0 Å². The van der Waals surface area contributed by atoms with Gasteiger partial charge >= 0.3 is 0 Å². The van der Waals surface area contributed by atoms with Crippen LogP contribution in [0.5, 0.6) is 0 Å². The van der Waals surface area contributed by atoms with E-state index < -0.39 is 0 Å². The monoisotopic (exact) mass is 278 g/mol. The van der Waals surface area contributed by atoms with Crippen molar-refractivity contribution < 1.29 is 0 Å². The molecule has 0 atom stereocenters. The molecule has 0 bridgehead atoms. The second-order valence-corrected chi connectivity index (χ2v) is 5.76. The number of pyridine rings is 2. The molecule has 21 heavy (non-hydrogen) atoms. The number of rotatable bonds is 3. The highest BCUT2D eigenvalue weighted by molar-refractivity contribution is 5.62. The molecular formula is C17H18N4. The second-order valence-electron chi connectivity index (χ2n) is 5.76. The molecule has 3 aromatic heterocycles. The van der Waals surface area contributed by atoms with Gasteiger partial charge in [0.25, 0.3) is 0 Å². The lowest BCUT2D eigenvalue weighted by atomic mass is 9.93. The molecular weight excluding hydrogens is 260 g/mol. The van der Waals surface area contributed by atoms with Crippen molar-refractivity contribution in [3.8, 4) is 11.4 Å². The Morgan fingerprint density at radius 2 is 2.14 bits per heavy atom. The Morgan fingerprint density at radius 3 is 2.95 bits per heavy atom. The number of aromatic nitrogens is 3. The van der Waals surface area contributed by atoms with Crippen molar-refractivity contribution >= 4 is 11.5 Å². The molecule has 4 rings (SSSR count). The lowest BCUT2D eigenvalue weighted by molar-refractivity contribution is 0.444. The number of hydrogen-bond donors (Lipinski definition) is 1. The Morgan fingerprint density at radius 1 is 1.24 bits per heavy atom. The Balaban J connectivity index is 1.72. The van der Waals surface area contributed by atoms with E-state index in [-0.39, 0.29) is 0 Å². The molecule has 1 aliphatic rings. The first-order chi connectivity index (χ1) is 10.3. The van der Waals surface area contributed by atoms with Gasteiger partial charge in [-0.3, -0.25) is 4.40 Å². The van der Waals surface area contributed by atoms with Gasteiger partial charge in [-0.2, -0.15) is 0 Å². The topological polar surface area (TPSA) is 42.2 Å². The second kappa shape index (κ2) is 4.88. The van der Waals surface area contributed by atoms with Crippen molar-refractivity contribution in [1.29, 1.82) is 0 Å². The third-order valence-electron chi connectivity index (χ3n) is 4.14. The van der Waals surface area contributed by atoms with Gasteiger partial charge in [-0.15, -0.1) is 0 Å². The van der Waals surface area contributed by atoms with Crippen LogP contribution in [0.2, 0.25) is 0 Å². The Hall–Kier alpha value is -2.36. The van der Waals surface area contributed by atoms with Crippen molar-refractivity contribution in [3.05, 3.63) is 48.3 Å². The molecule has 1 saturated carbocycles. The predicted octanol–water partition coefficient (Wildman–Crippen LogP) is 3.67. The fraction of sp³-hybridized carbons (Fsp3) is 0.294. The average Bonchev–Trinajstić information content (AvgIpc) is 2.86. The quantitative estimate of drug-likeness (QED) is 0.795. The van der Waals surface area contributed by atoms with Gasteiger partial charge in [0.1, 0.15) is 11.5 Å². The SMILES string of the molecule is Cc1ccn2c(-c3cccc(NC4CCC4)n3)cnc2c1. The summed E-state index contributed by atoms with van der Waals surface area (Å²) in [6, 6.07) is 10.9. The van der Waals surface area contributed by atoms with Gasteiger partial charge in [0, 0.05) is 12.2 Å². The van der Waals surface area contributed by atoms with E-state index in [1.165, 1.54) is 24.8 Å². The van der Waals surface area contributed by atoms with Crippen molar-refractivity contribution in [3.63, 3.8) is 0 Å². The molecule has 0 radical (unpaired) electrons. The summed E-state index contributed by atoms with van der Waals surface area (Å²) in [5.74, 6) is 0.958. The molecule has 3 aromatic rings. The first kappa shape index (κ1) is 12.4. The Kier molecular flexibility index (Phi) is 2.88. The van der Waals surface area contributed by atoms with Crippen LogP contribution in [-0.2, 0) is 0 Å². The van der Waals surface area contributed by atoms with Crippen LogP contribution in [0.3, 0.4) is 0 Å². The molecule has 106 valence electrons. The van der Waals surface area contributed by atoms with Crippen molar-refractivity contribution in [2.45, 2.75) is 32.2 Å². The van der Waals surface area contributed by atoms with Gasteiger partial charge in [0.15, 0.2) is 0 Å². The maximum absolute atomic E-state index is 4.74. The minimum Gasteiger partial charge on any atom is -0.367 e. The van der Waals surface area contributed by atoms with Gasteiger partial charge < -0.3 is 5.32 Å². The molecule has 4 nitrogen and oxygen atoms in total. The number of fused-ring (bicyclic) bond motifs is 1. The maximum atomic E-state index is 4.74. The number of anilines is 1. The van der Waals surface area contributed by atoms with E-state index in [0.717, 1.165) is 22.9 Å². The van der Waals surface area contributed by atoms with E-state index in [2.05, 4.69) is 46.0 Å². The Labute approximate surface area is 123 Å². The number of nitrogens with zero attached hydrogens (tertiary/aromatic N) is 3. The highest BCUT2D eigenvalue weighted by Gasteiger charge is 2.17. The minimum atomic E-state index is 0.595. The van der Waals surface area contributed by atoms with E-state index in [9.17, 15) is 0 Å². The van der Waals surface area contributed by atoms with Crippen molar-refractivity contribution in [1.82, 2.24) is 14.4 Å². The molecule has 0 spiro atoms. The number of aryl methyl sites for hydroxylation is 1. The van der Waals surface area contributed by atoms with Crippen LogP contribution in [0.1, 0.15) is 24.8 Å². The van der Waals surface area contributed by atoms with Crippen molar-refractivity contribution in [2.24, 2.45) is 0 Å². The molecule has 1 aliphatic carbocycles. The molecule has 0 aliphatic heterocycles. The third-order valence-corrected chi connectivity index (χ3v) is 4.14.